The molecule has 12 heteroatoms. The Morgan fingerprint density at radius 3 is 2.53 bits per heavy atom. The highest BCUT2D eigenvalue weighted by atomic mass is 32.2. The minimum atomic E-state index is -4.02. The number of benzene rings is 2. The topological polar surface area (TPSA) is 132 Å². The Labute approximate surface area is 197 Å². The zero-order valence-electron chi connectivity index (χ0n) is 17.6. The largest absolute Gasteiger partial charge is 0.280 e. The lowest BCUT2D eigenvalue weighted by Gasteiger charge is -2.11. The molecule has 2 aromatic carbocycles. The van der Waals surface area contributed by atoms with Crippen LogP contribution in [-0.4, -0.2) is 33.2 Å². The molecule has 0 fully saturated rings. The summed E-state index contributed by atoms with van der Waals surface area (Å²) in [6.45, 7) is 1.58. The Hall–Kier alpha value is -4.16. The smallest absolute Gasteiger partial charge is 0.270 e. The third-order valence-electron chi connectivity index (χ3n) is 5.11. The number of sulfonamides is 1. The summed E-state index contributed by atoms with van der Waals surface area (Å²) in [6, 6.07) is 17.9. The molecule has 0 radical (unpaired) electrons. The average Bonchev–Trinajstić information content (AvgIpc) is 3.48. The number of nitrogens with one attached hydrogen (secondary N) is 1. The van der Waals surface area contributed by atoms with Gasteiger partial charge in [0, 0.05) is 23.4 Å². The number of rotatable bonds is 6. The fraction of sp³-hybridized carbons (Fsp3) is 0.0455. The summed E-state index contributed by atoms with van der Waals surface area (Å²) >= 11 is 1.54. The van der Waals surface area contributed by atoms with Crippen molar-refractivity contribution >= 4 is 38.4 Å². The van der Waals surface area contributed by atoms with Gasteiger partial charge in [-0.05, 0) is 48.2 Å². The standard InChI is InChI=1S/C22H16N6O4S2/c1-14-4-9-17(28(29)30)13-20(14)34(31,32)26-16-7-5-15(6-8-16)18-10-11-21-23-24-22(27(21)25-18)19-3-2-12-33-19/h2-13,26H,1H3. The van der Waals surface area contributed by atoms with Crippen LogP contribution in [0.5, 0.6) is 0 Å². The van der Waals surface area contributed by atoms with Gasteiger partial charge in [-0.25, -0.2) is 8.42 Å². The molecule has 0 unspecified atom stereocenters. The van der Waals surface area contributed by atoms with Gasteiger partial charge in [-0.15, -0.1) is 21.5 Å². The quantitative estimate of drug-likeness (QED) is 0.272. The van der Waals surface area contributed by atoms with Crippen LogP contribution in [-0.2, 0) is 10.0 Å². The maximum atomic E-state index is 12.9. The number of hydrogen-bond acceptors (Lipinski definition) is 8. The molecule has 5 aromatic rings. The van der Waals surface area contributed by atoms with Gasteiger partial charge in [0.1, 0.15) is 0 Å². The summed E-state index contributed by atoms with van der Waals surface area (Å²) in [5.74, 6) is 0.642. The Morgan fingerprint density at radius 2 is 1.82 bits per heavy atom. The molecule has 0 saturated heterocycles. The van der Waals surface area contributed by atoms with E-state index < -0.39 is 14.9 Å². The summed E-state index contributed by atoms with van der Waals surface area (Å²) in [5, 5.41) is 26.0. The normalized spacial score (nSPS) is 11.6. The summed E-state index contributed by atoms with van der Waals surface area (Å²) in [5.41, 5.74) is 2.47. The van der Waals surface area contributed by atoms with Crippen molar-refractivity contribution < 1.29 is 13.3 Å². The Balaban J connectivity index is 1.43. The van der Waals surface area contributed by atoms with E-state index in [4.69, 9.17) is 0 Å². The third kappa shape index (κ3) is 4.00. The minimum Gasteiger partial charge on any atom is -0.280 e. The van der Waals surface area contributed by atoms with Crippen molar-refractivity contribution in [3.8, 4) is 22.0 Å². The summed E-state index contributed by atoms with van der Waals surface area (Å²) in [6.07, 6.45) is 0. The van der Waals surface area contributed by atoms with Gasteiger partial charge in [0.2, 0.25) is 0 Å². The maximum Gasteiger partial charge on any atom is 0.270 e. The first-order chi connectivity index (χ1) is 16.3. The Bertz CT molecular complexity index is 1630. The van der Waals surface area contributed by atoms with Gasteiger partial charge in [0.15, 0.2) is 11.5 Å². The van der Waals surface area contributed by atoms with Crippen molar-refractivity contribution in [2.75, 3.05) is 4.72 Å². The van der Waals surface area contributed by atoms with E-state index in [2.05, 4.69) is 20.0 Å². The average molecular weight is 493 g/mol. The van der Waals surface area contributed by atoms with Crippen LogP contribution in [0.15, 0.2) is 77.0 Å². The third-order valence-corrected chi connectivity index (χ3v) is 7.50. The van der Waals surface area contributed by atoms with Crippen LogP contribution >= 0.6 is 11.3 Å². The van der Waals surface area contributed by atoms with Gasteiger partial charge < -0.3 is 0 Å². The number of aromatic nitrogens is 4. The molecule has 0 spiro atoms. The van der Waals surface area contributed by atoms with Gasteiger partial charge in [-0.2, -0.15) is 9.61 Å². The van der Waals surface area contributed by atoms with Crippen molar-refractivity contribution in [2.45, 2.75) is 11.8 Å². The van der Waals surface area contributed by atoms with E-state index in [-0.39, 0.29) is 10.6 Å². The van der Waals surface area contributed by atoms with Gasteiger partial charge in [-0.1, -0.05) is 24.3 Å². The van der Waals surface area contributed by atoms with Gasteiger partial charge >= 0.3 is 0 Å². The van der Waals surface area contributed by atoms with Crippen molar-refractivity contribution in [1.82, 2.24) is 19.8 Å². The van der Waals surface area contributed by atoms with Crippen molar-refractivity contribution in [1.29, 1.82) is 0 Å². The first-order valence-electron chi connectivity index (χ1n) is 9.96. The number of thiophene rings is 1. The van der Waals surface area contributed by atoms with Gasteiger partial charge in [0.05, 0.1) is 20.4 Å². The summed E-state index contributed by atoms with van der Waals surface area (Å²) in [4.78, 5) is 11.2. The molecule has 170 valence electrons. The van der Waals surface area contributed by atoms with Crippen molar-refractivity contribution in [3.63, 3.8) is 0 Å². The van der Waals surface area contributed by atoms with Crippen molar-refractivity contribution in [2.24, 2.45) is 0 Å². The molecule has 3 aromatic heterocycles. The number of non-ortho nitro benzene ring substituents is 1. The van der Waals surface area contributed by atoms with Crippen LogP contribution in [0.25, 0.3) is 27.6 Å². The van der Waals surface area contributed by atoms with Crippen LogP contribution in [0, 0.1) is 17.0 Å². The number of nitro groups is 1. The molecular weight excluding hydrogens is 476 g/mol. The number of aryl methyl sites for hydroxylation is 1. The lowest BCUT2D eigenvalue weighted by Crippen LogP contribution is -2.14. The molecule has 3 heterocycles. The number of hydrogen-bond donors (Lipinski definition) is 1. The number of anilines is 1. The lowest BCUT2D eigenvalue weighted by molar-refractivity contribution is -0.385. The SMILES string of the molecule is Cc1ccc([N+](=O)[O-])cc1S(=O)(=O)Nc1ccc(-c2ccc3nnc(-c4cccs4)n3n2)cc1. The van der Waals surface area contributed by atoms with Crippen LogP contribution in [0.4, 0.5) is 11.4 Å². The van der Waals surface area contributed by atoms with E-state index in [0.29, 0.717) is 28.4 Å². The van der Waals surface area contributed by atoms with E-state index in [9.17, 15) is 18.5 Å². The predicted octanol–water partition coefficient (Wildman–Crippen LogP) is 4.54. The van der Waals surface area contributed by atoms with Gasteiger partial charge in [-0.3, -0.25) is 14.8 Å². The molecule has 0 bridgehead atoms. The van der Waals surface area contributed by atoms with E-state index in [1.54, 1.807) is 47.0 Å². The first kappa shape index (κ1) is 21.7. The van der Waals surface area contributed by atoms with E-state index in [1.807, 2.05) is 29.6 Å². The summed E-state index contributed by atoms with van der Waals surface area (Å²) < 4.78 is 29.9. The van der Waals surface area contributed by atoms with Crippen molar-refractivity contribution in [3.05, 3.63) is 87.8 Å². The zero-order chi connectivity index (χ0) is 23.9. The molecule has 10 nitrogen and oxygen atoms in total. The second-order valence-corrected chi connectivity index (χ2v) is 9.98. The van der Waals surface area contributed by atoms with Crippen LogP contribution in [0.3, 0.4) is 0 Å². The van der Waals surface area contributed by atoms with Gasteiger partial charge in [0.25, 0.3) is 15.7 Å². The molecule has 0 atom stereocenters. The molecule has 0 aliphatic heterocycles. The number of nitro benzene ring substituents is 1. The first-order valence-corrected chi connectivity index (χ1v) is 12.3. The van der Waals surface area contributed by atoms with Crippen LogP contribution in [0.1, 0.15) is 5.56 Å². The number of fused-ring (bicyclic) bond motifs is 1. The van der Waals surface area contributed by atoms with E-state index in [1.165, 1.54) is 12.1 Å². The van der Waals surface area contributed by atoms with E-state index in [0.717, 1.165) is 16.5 Å². The predicted molar refractivity (Wildman–Crippen MR) is 128 cm³/mol. The molecule has 34 heavy (non-hydrogen) atoms. The molecule has 5 rings (SSSR count). The molecule has 1 N–H and O–H groups in total. The molecule has 0 aliphatic rings. The fourth-order valence-corrected chi connectivity index (χ4v) is 5.43. The molecule has 0 amide bonds. The highest BCUT2D eigenvalue weighted by Crippen LogP contribution is 2.27. The zero-order valence-corrected chi connectivity index (χ0v) is 19.2. The molecule has 0 aliphatic carbocycles. The monoisotopic (exact) mass is 492 g/mol. The number of nitrogens with zero attached hydrogens (tertiary/aromatic N) is 5. The Morgan fingerprint density at radius 1 is 1.03 bits per heavy atom. The van der Waals surface area contributed by atoms with Crippen LogP contribution < -0.4 is 4.72 Å². The second kappa shape index (κ2) is 8.32. The minimum absolute atomic E-state index is 0.147. The highest BCUT2D eigenvalue weighted by molar-refractivity contribution is 7.92. The second-order valence-electron chi connectivity index (χ2n) is 7.38. The lowest BCUT2D eigenvalue weighted by atomic mass is 10.1. The maximum absolute atomic E-state index is 12.9. The van der Waals surface area contributed by atoms with E-state index >= 15 is 0 Å². The Kier molecular flexibility index (Phi) is 5.30. The summed E-state index contributed by atoms with van der Waals surface area (Å²) in [7, 11) is -4.02. The van der Waals surface area contributed by atoms with Crippen LogP contribution in [0.2, 0.25) is 0 Å². The fourth-order valence-electron chi connectivity index (χ4n) is 3.41. The molecular formula is C22H16N6O4S2. The highest BCUT2D eigenvalue weighted by Gasteiger charge is 2.21. The molecule has 0 saturated carbocycles.